The summed E-state index contributed by atoms with van der Waals surface area (Å²) in [6.07, 6.45) is 7.08. The lowest BCUT2D eigenvalue weighted by molar-refractivity contribution is 0.161. The smallest absolute Gasteiger partial charge is 0.138 e. The van der Waals surface area contributed by atoms with E-state index in [9.17, 15) is 0 Å². The average molecular weight is 250 g/mol. The van der Waals surface area contributed by atoms with E-state index in [0.717, 1.165) is 25.1 Å². The molecule has 1 fully saturated rings. The highest BCUT2D eigenvalue weighted by Crippen LogP contribution is 2.40. The summed E-state index contributed by atoms with van der Waals surface area (Å²) in [5, 5.41) is 4.29. The van der Waals surface area contributed by atoms with Crippen LogP contribution in [0, 0.1) is 5.41 Å². The highest BCUT2D eigenvalue weighted by atomic mass is 15.3. The van der Waals surface area contributed by atoms with Gasteiger partial charge in [0.25, 0.3) is 0 Å². The molecule has 1 aromatic rings. The summed E-state index contributed by atoms with van der Waals surface area (Å²) >= 11 is 0. The normalized spacial score (nSPS) is 22.3. The van der Waals surface area contributed by atoms with Gasteiger partial charge in [0.05, 0.1) is 0 Å². The van der Waals surface area contributed by atoms with E-state index >= 15 is 0 Å². The van der Waals surface area contributed by atoms with E-state index in [1.807, 2.05) is 4.68 Å². The first kappa shape index (κ1) is 13.5. The molecular weight excluding hydrogens is 224 g/mol. The summed E-state index contributed by atoms with van der Waals surface area (Å²) in [5.41, 5.74) is 6.92. The molecule has 0 amide bonds. The number of hydrogen-bond acceptors (Lipinski definition) is 3. The van der Waals surface area contributed by atoms with Crippen LogP contribution in [-0.4, -0.2) is 20.3 Å². The number of rotatable bonds is 3. The fourth-order valence-corrected chi connectivity index (χ4v) is 2.75. The molecule has 4 nitrogen and oxygen atoms in total. The van der Waals surface area contributed by atoms with Crippen molar-refractivity contribution in [3.05, 3.63) is 12.2 Å². The molecule has 1 aliphatic rings. The minimum absolute atomic E-state index is 0.0881. The first-order valence-corrected chi connectivity index (χ1v) is 6.99. The topological polar surface area (TPSA) is 56.7 Å². The van der Waals surface area contributed by atoms with E-state index < -0.39 is 0 Å². The zero-order valence-electron chi connectivity index (χ0n) is 12.1. The fourth-order valence-electron chi connectivity index (χ4n) is 2.75. The van der Waals surface area contributed by atoms with Gasteiger partial charge >= 0.3 is 0 Å². The molecule has 18 heavy (non-hydrogen) atoms. The lowest BCUT2D eigenvalue weighted by Crippen LogP contribution is -2.47. The number of nitrogens with two attached hydrogens (primary N) is 1. The zero-order chi connectivity index (χ0) is 13.4. The SMILES string of the molecule is CC(C)n1ncnc1CC1(N)CCC(C)(C)CC1. The largest absolute Gasteiger partial charge is 0.325 e. The molecule has 0 aromatic carbocycles. The molecule has 1 aromatic heterocycles. The maximum Gasteiger partial charge on any atom is 0.138 e. The van der Waals surface area contributed by atoms with E-state index in [1.165, 1.54) is 12.8 Å². The molecule has 2 rings (SSSR count). The third-order valence-corrected chi connectivity index (χ3v) is 4.25. The van der Waals surface area contributed by atoms with Crippen LogP contribution in [0.15, 0.2) is 6.33 Å². The van der Waals surface area contributed by atoms with Gasteiger partial charge in [-0.05, 0) is 44.9 Å². The van der Waals surface area contributed by atoms with Crippen molar-refractivity contribution in [2.24, 2.45) is 11.1 Å². The molecule has 102 valence electrons. The van der Waals surface area contributed by atoms with Crippen molar-refractivity contribution < 1.29 is 0 Å². The lowest BCUT2D eigenvalue weighted by Gasteiger charge is -2.41. The molecule has 0 unspecified atom stereocenters. The van der Waals surface area contributed by atoms with Crippen LogP contribution >= 0.6 is 0 Å². The van der Waals surface area contributed by atoms with Gasteiger partial charge in [-0.15, -0.1) is 0 Å². The van der Waals surface area contributed by atoms with Crippen molar-refractivity contribution in [2.75, 3.05) is 0 Å². The summed E-state index contributed by atoms with van der Waals surface area (Å²) in [7, 11) is 0. The third-order valence-electron chi connectivity index (χ3n) is 4.25. The Balaban J connectivity index is 2.07. The minimum Gasteiger partial charge on any atom is -0.325 e. The molecule has 0 bridgehead atoms. The van der Waals surface area contributed by atoms with Crippen LogP contribution in [0.3, 0.4) is 0 Å². The van der Waals surface area contributed by atoms with Crippen LogP contribution in [-0.2, 0) is 6.42 Å². The van der Waals surface area contributed by atoms with Crippen molar-refractivity contribution in [3.8, 4) is 0 Å². The predicted molar refractivity (Wildman–Crippen MR) is 73.3 cm³/mol. The summed E-state index contributed by atoms with van der Waals surface area (Å²) < 4.78 is 1.99. The van der Waals surface area contributed by atoms with Gasteiger partial charge in [0.15, 0.2) is 0 Å². The van der Waals surface area contributed by atoms with E-state index in [2.05, 4.69) is 37.8 Å². The van der Waals surface area contributed by atoms with Crippen LogP contribution in [0.4, 0.5) is 0 Å². The van der Waals surface area contributed by atoms with Crippen LogP contribution in [0.25, 0.3) is 0 Å². The standard InChI is InChI=1S/C14H26N4/c1-11(2)18-12(16-10-17-18)9-14(15)7-5-13(3,4)6-8-14/h10-11H,5-9,15H2,1-4H3. The minimum atomic E-state index is -0.0881. The molecule has 0 saturated heterocycles. The number of nitrogens with zero attached hydrogens (tertiary/aromatic N) is 3. The Bertz CT molecular complexity index is 396. The molecular formula is C14H26N4. The van der Waals surface area contributed by atoms with Crippen LogP contribution < -0.4 is 5.73 Å². The second-order valence-corrected chi connectivity index (χ2v) is 6.92. The molecule has 1 heterocycles. The van der Waals surface area contributed by atoms with Gasteiger partial charge in [-0.2, -0.15) is 5.10 Å². The van der Waals surface area contributed by atoms with Crippen molar-refractivity contribution in [2.45, 2.75) is 71.4 Å². The van der Waals surface area contributed by atoms with Crippen LogP contribution in [0.5, 0.6) is 0 Å². The number of hydrogen-bond donors (Lipinski definition) is 1. The molecule has 1 saturated carbocycles. The molecule has 0 radical (unpaired) electrons. The van der Waals surface area contributed by atoms with E-state index in [1.54, 1.807) is 6.33 Å². The molecule has 0 spiro atoms. The summed E-state index contributed by atoms with van der Waals surface area (Å²) in [6.45, 7) is 8.93. The average Bonchev–Trinajstić information content (AvgIpc) is 2.71. The van der Waals surface area contributed by atoms with Crippen molar-refractivity contribution in [3.63, 3.8) is 0 Å². The maximum absolute atomic E-state index is 6.56. The summed E-state index contributed by atoms with van der Waals surface area (Å²) in [6, 6.07) is 0.353. The van der Waals surface area contributed by atoms with Crippen molar-refractivity contribution in [1.29, 1.82) is 0 Å². The Kier molecular flexibility index (Phi) is 3.49. The second kappa shape index (κ2) is 4.65. The van der Waals surface area contributed by atoms with Gasteiger partial charge in [-0.1, -0.05) is 13.8 Å². The van der Waals surface area contributed by atoms with Gasteiger partial charge in [0.2, 0.25) is 0 Å². The van der Waals surface area contributed by atoms with Gasteiger partial charge in [0.1, 0.15) is 12.2 Å². The lowest BCUT2D eigenvalue weighted by atomic mass is 9.68. The quantitative estimate of drug-likeness (QED) is 0.897. The highest BCUT2D eigenvalue weighted by Gasteiger charge is 2.36. The monoisotopic (exact) mass is 250 g/mol. The Labute approximate surface area is 110 Å². The molecule has 2 N–H and O–H groups in total. The highest BCUT2D eigenvalue weighted by molar-refractivity contribution is 5.01. The Morgan fingerprint density at radius 3 is 2.44 bits per heavy atom. The van der Waals surface area contributed by atoms with Gasteiger partial charge in [0, 0.05) is 18.0 Å². The second-order valence-electron chi connectivity index (χ2n) is 6.92. The predicted octanol–water partition coefficient (Wildman–Crippen LogP) is 2.70. The van der Waals surface area contributed by atoms with Gasteiger partial charge in [-0.25, -0.2) is 9.67 Å². The Hall–Kier alpha value is -0.900. The van der Waals surface area contributed by atoms with Crippen LogP contribution in [0.2, 0.25) is 0 Å². The first-order valence-electron chi connectivity index (χ1n) is 6.99. The third kappa shape index (κ3) is 2.91. The Morgan fingerprint density at radius 1 is 1.28 bits per heavy atom. The van der Waals surface area contributed by atoms with E-state index in [-0.39, 0.29) is 5.54 Å². The summed E-state index contributed by atoms with van der Waals surface area (Å²) in [5.74, 6) is 1.03. The first-order chi connectivity index (χ1) is 8.31. The zero-order valence-corrected chi connectivity index (χ0v) is 12.1. The van der Waals surface area contributed by atoms with Crippen LogP contribution in [0.1, 0.15) is 65.2 Å². The molecule has 0 atom stereocenters. The van der Waals surface area contributed by atoms with E-state index in [4.69, 9.17) is 5.73 Å². The summed E-state index contributed by atoms with van der Waals surface area (Å²) in [4.78, 5) is 4.38. The van der Waals surface area contributed by atoms with Gasteiger partial charge in [-0.3, -0.25) is 0 Å². The Morgan fingerprint density at radius 2 is 1.89 bits per heavy atom. The molecule has 0 aliphatic heterocycles. The van der Waals surface area contributed by atoms with E-state index in [0.29, 0.717) is 11.5 Å². The van der Waals surface area contributed by atoms with Gasteiger partial charge < -0.3 is 5.73 Å². The molecule has 4 heteroatoms. The van der Waals surface area contributed by atoms with Crippen molar-refractivity contribution in [1.82, 2.24) is 14.8 Å². The molecule has 1 aliphatic carbocycles. The fraction of sp³-hybridized carbons (Fsp3) is 0.857. The van der Waals surface area contributed by atoms with Crippen molar-refractivity contribution >= 4 is 0 Å². The maximum atomic E-state index is 6.56. The number of aromatic nitrogens is 3.